The molecule has 0 fully saturated rings. The Bertz CT molecular complexity index is 1620. The number of anilines is 1. The quantitative estimate of drug-likeness (QED) is 0.291. The lowest BCUT2D eigenvalue weighted by Gasteiger charge is -2.14. The van der Waals surface area contributed by atoms with Gasteiger partial charge in [0.05, 0.1) is 29.4 Å². The van der Waals surface area contributed by atoms with Crippen LogP contribution in [0.5, 0.6) is 0 Å². The number of pyridine rings is 3. The number of rotatable bonds is 8. The summed E-state index contributed by atoms with van der Waals surface area (Å²) in [6.07, 6.45) is -0.826. The number of carbonyl (C=O) groups excluding carboxylic acids is 1. The number of aromatic carboxylic acids is 1. The summed E-state index contributed by atoms with van der Waals surface area (Å²) in [6.45, 7) is 2.51. The maximum absolute atomic E-state index is 13.3. The minimum atomic E-state index is -4.67. The number of nitrogens with zero attached hydrogens (tertiary/aromatic N) is 4. The predicted octanol–water partition coefficient (Wildman–Crippen LogP) is 4.09. The van der Waals surface area contributed by atoms with Crippen molar-refractivity contribution >= 4 is 40.1 Å². The van der Waals surface area contributed by atoms with Crippen LogP contribution in [0.3, 0.4) is 0 Å². The molecule has 0 saturated heterocycles. The number of nitrogens with one attached hydrogen (secondary N) is 2. The summed E-state index contributed by atoms with van der Waals surface area (Å²) in [5.41, 5.74) is -1.47. The van der Waals surface area contributed by atoms with E-state index in [1.165, 1.54) is 42.4 Å². The molecule has 2 amide bonds. The van der Waals surface area contributed by atoms with Crippen LogP contribution in [0.4, 0.5) is 23.8 Å². The van der Waals surface area contributed by atoms with Gasteiger partial charge in [0.2, 0.25) is 5.43 Å². The first kappa shape index (κ1) is 27.7. The van der Waals surface area contributed by atoms with Crippen LogP contribution in [-0.2, 0) is 17.5 Å². The topological polar surface area (TPSA) is 148 Å². The van der Waals surface area contributed by atoms with Gasteiger partial charge in [-0.2, -0.15) is 13.2 Å². The van der Waals surface area contributed by atoms with Crippen LogP contribution in [0.1, 0.15) is 23.0 Å². The van der Waals surface area contributed by atoms with Crippen molar-refractivity contribution in [2.75, 3.05) is 25.6 Å². The summed E-state index contributed by atoms with van der Waals surface area (Å²) < 4.78 is 46.4. The molecule has 0 bridgehead atoms. The van der Waals surface area contributed by atoms with E-state index < -0.39 is 34.9 Å². The molecule has 0 spiro atoms. The number of ether oxygens (including phenoxy) is 1. The Kier molecular flexibility index (Phi) is 7.92. The highest BCUT2D eigenvalue weighted by molar-refractivity contribution is 7.13. The van der Waals surface area contributed by atoms with E-state index in [4.69, 9.17) is 4.74 Å². The van der Waals surface area contributed by atoms with Crippen LogP contribution in [0.25, 0.3) is 32.7 Å². The van der Waals surface area contributed by atoms with Gasteiger partial charge in [0.15, 0.2) is 5.69 Å². The second kappa shape index (κ2) is 11.2. The number of urea groups is 1. The average molecular weight is 563 g/mol. The second-order valence-electron chi connectivity index (χ2n) is 8.09. The standard InChI is InChI=1S/C24H21F3N6O5S/c1-3-28-23(37)32-19-7-12(21-31-18(11-39-21)24(25,26)27)14(8-30-19)16-6-13-17(9-29-16)33(4-5-38-2)10-15(20(13)34)22(35)36/h6-11H,3-5H2,1-2H3,(H,35,36)(H2,28,30,32,37). The normalized spacial score (nSPS) is 11.5. The molecule has 204 valence electrons. The van der Waals surface area contributed by atoms with E-state index in [-0.39, 0.29) is 46.2 Å². The fourth-order valence-corrected chi connectivity index (χ4v) is 4.57. The number of fused-ring (bicyclic) bond motifs is 1. The summed E-state index contributed by atoms with van der Waals surface area (Å²) in [7, 11) is 1.47. The minimum absolute atomic E-state index is 0.0293. The lowest BCUT2D eigenvalue weighted by Crippen LogP contribution is -2.28. The Morgan fingerprint density at radius 3 is 2.59 bits per heavy atom. The molecule has 39 heavy (non-hydrogen) atoms. The molecule has 0 aromatic carbocycles. The van der Waals surface area contributed by atoms with Crippen LogP contribution < -0.4 is 16.1 Å². The number of carboxylic acids is 1. The zero-order valence-corrected chi connectivity index (χ0v) is 21.3. The van der Waals surface area contributed by atoms with Gasteiger partial charge in [0, 0.05) is 49.1 Å². The number of halogens is 3. The maximum Gasteiger partial charge on any atom is 0.434 e. The van der Waals surface area contributed by atoms with Crippen molar-refractivity contribution in [1.82, 2.24) is 24.8 Å². The molecule has 4 aromatic rings. The van der Waals surface area contributed by atoms with Crippen molar-refractivity contribution in [3.63, 3.8) is 0 Å². The van der Waals surface area contributed by atoms with E-state index in [1.807, 2.05) is 0 Å². The largest absolute Gasteiger partial charge is 0.477 e. The number of aromatic nitrogens is 4. The van der Waals surface area contributed by atoms with E-state index in [1.54, 1.807) is 6.92 Å². The third kappa shape index (κ3) is 5.88. The molecule has 4 heterocycles. The van der Waals surface area contributed by atoms with Crippen molar-refractivity contribution in [3.8, 4) is 21.8 Å². The highest BCUT2D eigenvalue weighted by atomic mass is 32.1. The highest BCUT2D eigenvalue weighted by Gasteiger charge is 2.34. The molecule has 0 saturated carbocycles. The van der Waals surface area contributed by atoms with Gasteiger partial charge in [0.25, 0.3) is 0 Å². The summed E-state index contributed by atoms with van der Waals surface area (Å²) in [5.74, 6) is -1.38. The monoisotopic (exact) mass is 562 g/mol. The SMILES string of the molecule is CCNC(=O)Nc1cc(-c2nc(C(F)(F)F)cs2)c(-c2cc3c(=O)c(C(=O)O)cn(CCOC)c3cn2)cn1. The summed E-state index contributed by atoms with van der Waals surface area (Å²) in [5, 5.41) is 15.4. The van der Waals surface area contributed by atoms with Gasteiger partial charge < -0.3 is 19.7 Å². The summed E-state index contributed by atoms with van der Waals surface area (Å²) >= 11 is 0.728. The number of carboxylic acid groups (broad SMARTS) is 1. The van der Waals surface area contributed by atoms with Crippen molar-refractivity contribution < 1.29 is 32.6 Å². The lowest BCUT2D eigenvalue weighted by molar-refractivity contribution is -0.140. The first-order valence-corrected chi connectivity index (χ1v) is 12.2. The van der Waals surface area contributed by atoms with Gasteiger partial charge in [-0.25, -0.2) is 19.6 Å². The molecular weight excluding hydrogens is 541 g/mol. The Morgan fingerprint density at radius 1 is 1.18 bits per heavy atom. The van der Waals surface area contributed by atoms with E-state index in [2.05, 4.69) is 25.6 Å². The summed E-state index contributed by atoms with van der Waals surface area (Å²) in [4.78, 5) is 49.0. The van der Waals surface area contributed by atoms with Gasteiger partial charge >= 0.3 is 18.2 Å². The minimum Gasteiger partial charge on any atom is -0.477 e. The highest BCUT2D eigenvalue weighted by Crippen LogP contribution is 2.38. The first-order valence-electron chi connectivity index (χ1n) is 11.4. The molecule has 0 atom stereocenters. The maximum atomic E-state index is 13.3. The number of carbonyl (C=O) groups is 2. The molecule has 0 aliphatic heterocycles. The zero-order chi connectivity index (χ0) is 28.3. The van der Waals surface area contributed by atoms with Crippen LogP contribution in [0, 0.1) is 0 Å². The van der Waals surface area contributed by atoms with Gasteiger partial charge in [-0.3, -0.25) is 15.1 Å². The van der Waals surface area contributed by atoms with Gasteiger partial charge in [0.1, 0.15) is 16.4 Å². The molecule has 15 heteroatoms. The number of thiazole rings is 1. The number of amides is 2. The molecule has 0 unspecified atom stereocenters. The average Bonchev–Trinajstić information content (AvgIpc) is 3.39. The number of hydrogen-bond donors (Lipinski definition) is 3. The zero-order valence-electron chi connectivity index (χ0n) is 20.5. The van der Waals surface area contributed by atoms with Crippen molar-refractivity contribution in [1.29, 1.82) is 0 Å². The van der Waals surface area contributed by atoms with E-state index in [0.717, 1.165) is 16.7 Å². The molecule has 0 aliphatic carbocycles. The van der Waals surface area contributed by atoms with Gasteiger partial charge in [-0.1, -0.05) is 0 Å². The Morgan fingerprint density at radius 2 is 1.95 bits per heavy atom. The van der Waals surface area contributed by atoms with Crippen molar-refractivity contribution in [2.45, 2.75) is 19.6 Å². The smallest absolute Gasteiger partial charge is 0.434 e. The van der Waals surface area contributed by atoms with Gasteiger partial charge in [-0.15, -0.1) is 11.3 Å². The van der Waals surface area contributed by atoms with Crippen LogP contribution >= 0.6 is 11.3 Å². The first-order chi connectivity index (χ1) is 18.5. The van der Waals surface area contributed by atoms with Crippen LogP contribution in [0.2, 0.25) is 0 Å². The molecule has 11 nitrogen and oxygen atoms in total. The molecule has 0 aliphatic rings. The second-order valence-corrected chi connectivity index (χ2v) is 8.94. The predicted molar refractivity (Wildman–Crippen MR) is 137 cm³/mol. The Hall–Kier alpha value is -4.37. The van der Waals surface area contributed by atoms with Crippen LogP contribution in [0.15, 0.2) is 40.9 Å². The van der Waals surface area contributed by atoms with Gasteiger partial charge in [-0.05, 0) is 19.1 Å². The number of hydrogen-bond acceptors (Lipinski definition) is 8. The van der Waals surface area contributed by atoms with Crippen LogP contribution in [-0.4, -0.2) is 56.9 Å². The third-order valence-electron chi connectivity index (χ3n) is 5.52. The molecule has 3 N–H and O–H groups in total. The molecule has 4 aromatic heterocycles. The number of methoxy groups -OCH3 is 1. The van der Waals surface area contributed by atoms with Crippen molar-refractivity contribution in [3.05, 3.63) is 57.6 Å². The molecule has 0 radical (unpaired) electrons. The van der Waals surface area contributed by atoms with E-state index >= 15 is 0 Å². The van der Waals surface area contributed by atoms with Crippen molar-refractivity contribution in [2.24, 2.45) is 0 Å². The van der Waals surface area contributed by atoms with E-state index in [0.29, 0.717) is 12.1 Å². The van der Waals surface area contributed by atoms with E-state index in [9.17, 15) is 32.7 Å². The Balaban J connectivity index is 1.91. The molecule has 4 rings (SSSR count). The Labute approximate surface area is 222 Å². The fourth-order valence-electron chi connectivity index (χ4n) is 3.72. The summed E-state index contributed by atoms with van der Waals surface area (Å²) in [6, 6.07) is 2.13. The number of alkyl halides is 3. The third-order valence-corrected chi connectivity index (χ3v) is 6.39. The lowest BCUT2D eigenvalue weighted by atomic mass is 10.0. The fraction of sp³-hybridized carbons (Fsp3) is 0.250. The molecular formula is C24H21F3N6O5S.